The first-order valence-electron chi connectivity index (χ1n) is 7.76. The van der Waals surface area contributed by atoms with Crippen molar-refractivity contribution in [2.45, 2.75) is 27.2 Å². The molecule has 7 heteroatoms. The average molecular weight is 328 g/mol. The third-order valence-electron chi connectivity index (χ3n) is 4.22. The van der Waals surface area contributed by atoms with E-state index >= 15 is 0 Å². The van der Waals surface area contributed by atoms with Gasteiger partial charge >= 0.3 is 0 Å². The number of anilines is 2. The predicted molar refractivity (Wildman–Crippen MR) is 92.1 cm³/mol. The Labute approximate surface area is 140 Å². The minimum Gasteiger partial charge on any atom is -0.352 e. The number of nitrogens with zero attached hydrogens (tertiary/aromatic N) is 6. The van der Waals surface area contributed by atoms with Gasteiger partial charge in [-0.25, -0.2) is 4.98 Å². The van der Waals surface area contributed by atoms with E-state index in [2.05, 4.69) is 36.4 Å². The molecule has 0 bridgehead atoms. The van der Waals surface area contributed by atoms with Gasteiger partial charge in [-0.05, 0) is 32.8 Å². The second-order valence-corrected chi connectivity index (χ2v) is 6.66. The molecule has 2 aromatic heterocycles. The van der Waals surface area contributed by atoms with Crippen LogP contribution in [0.5, 0.6) is 0 Å². The highest BCUT2D eigenvalue weighted by Crippen LogP contribution is 2.25. The van der Waals surface area contributed by atoms with E-state index < -0.39 is 0 Å². The van der Waals surface area contributed by atoms with Crippen LogP contribution in [0.3, 0.4) is 0 Å². The van der Waals surface area contributed by atoms with Crippen LogP contribution in [0.15, 0.2) is 5.38 Å². The zero-order valence-electron chi connectivity index (χ0n) is 13.7. The van der Waals surface area contributed by atoms with Crippen LogP contribution in [0.2, 0.25) is 0 Å². The molecule has 120 valence electrons. The van der Waals surface area contributed by atoms with E-state index in [0.717, 1.165) is 54.7 Å². The van der Waals surface area contributed by atoms with Crippen LogP contribution in [0.1, 0.15) is 28.9 Å². The number of aromatic nitrogens is 3. The van der Waals surface area contributed by atoms with E-state index in [0.29, 0.717) is 11.4 Å². The molecular formula is C16H20N6S. The van der Waals surface area contributed by atoms with Gasteiger partial charge < -0.3 is 9.80 Å². The first kappa shape index (κ1) is 15.7. The number of nitriles is 1. The fraction of sp³-hybridized carbons (Fsp3) is 0.500. The molecule has 3 heterocycles. The van der Waals surface area contributed by atoms with Crippen molar-refractivity contribution in [1.29, 1.82) is 5.26 Å². The quantitative estimate of drug-likeness (QED) is 0.843. The molecule has 2 aromatic rings. The van der Waals surface area contributed by atoms with Gasteiger partial charge in [0.2, 0.25) is 0 Å². The summed E-state index contributed by atoms with van der Waals surface area (Å²) in [5, 5.41) is 21.2. The summed E-state index contributed by atoms with van der Waals surface area (Å²) in [6, 6.07) is 2.30. The monoisotopic (exact) mass is 328 g/mol. The van der Waals surface area contributed by atoms with Gasteiger partial charge in [-0.15, -0.1) is 16.4 Å². The van der Waals surface area contributed by atoms with Crippen LogP contribution in [-0.4, -0.2) is 41.4 Å². The predicted octanol–water partition coefficient (Wildman–Crippen LogP) is 2.45. The van der Waals surface area contributed by atoms with Crippen molar-refractivity contribution in [3.8, 4) is 6.07 Å². The van der Waals surface area contributed by atoms with Crippen LogP contribution in [0.4, 0.5) is 10.9 Å². The zero-order valence-corrected chi connectivity index (χ0v) is 14.5. The summed E-state index contributed by atoms with van der Waals surface area (Å²) in [6.07, 6.45) is 1.01. The molecule has 1 saturated heterocycles. The average Bonchev–Trinajstić information content (AvgIpc) is 2.83. The van der Waals surface area contributed by atoms with Crippen LogP contribution in [-0.2, 0) is 0 Å². The van der Waals surface area contributed by atoms with Crippen LogP contribution in [0.25, 0.3) is 0 Å². The largest absolute Gasteiger partial charge is 0.352 e. The molecule has 1 aliphatic rings. The Morgan fingerprint density at radius 3 is 2.52 bits per heavy atom. The summed E-state index contributed by atoms with van der Waals surface area (Å²) in [5.41, 5.74) is 3.46. The van der Waals surface area contributed by atoms with Crippen LogP contribution in [0, 0.1) is 32.1 Å². The molecular weight excluding hydrogens is 308 g/mol. The Balaban J connectivity index is 1.81. The lowest BCUT2D eigenvalue weighted by Crippen LogP contribution is -2.32. The van der Waals surface area contributed by atoms with E-state index in [9.17, 15) is 5.26 Å². The highest BCUT2D eigenvalue weighted by atomic mass is 32.1. The van der Waals surface area contributed by atoms with Crippen LogP contribution < -0.4 is 9.80 Å². The van der Waals surface area contributed by atoms with Gasteiger partial charge in [0.25, 0.3) is 0 Å². The van der Waals surface area contributed by atoms with Gasteiger partial charge in [-0.2, -0.15) is 10.4 Å². The molecule has 6 nitrogen and oxygen atoms in total. The Morgan fingerprint density at radius 2 is 1.83 bits per heavy atom. The highest BCUT2D eigenvalue weighted by Gasteiger charge is 2.22. The molecule has 0 aliphatic carbocycles. The molecule has 0 radical (unpaired) electrons. The number of hydrogen-bond donors (Lipinski definition) is 0. The van der Waals surface area contributed by atoms with E-state index in [4.69, 9.17) is 0 Å². The third kappa shape index (κ3) is 3.13. The minimum atomic E-state index is 0.649. The lowest BCUT2D eigenvalue weighted by atomic mass is 10.1. The third-order valence-corrected chi connectivity index (χ3v) is 5.24. The number of thiazole rings is 1. The molecule has 0 atom stereocenters. The maximum atomic E-state index is 9.49. The van der Waals surface area contributed by atoms with Crippen molar-refractivity contribution in [2.75, 3.05) is 36.0 Å². The summed E-state index contributed by atoms with van der Waals surface area (Å²) < 4.78 is 0. The summed E-state index contributed by atoms with van der Waals surface area (Å²) in [7, 11) is 0. The molecule has 23 heavy (non-hydrogen) atoms. The first-order chi connectivity index (χ1) is 11.1. The zero-order chi connectivity index (χ0) is 16.4. The van der Waals surface area contributed by atoms with Crippen molar-refractivity contribution in [3.63, 3.8) is 0 Å². The van der Waals surface area contributed by atoms with Gasteiger partial charge in [0.1, 0.15) is 11.6 Å². The second-order valence-electron chi connectivity index (χ2n) is 5.82. The minimum absolute atomic E-state index is 0.649. The SMILES string of the molecule is Cc1csc(N2CCCN(c3nnc(C)c(C)c3C#N)CC2)n1. The van der Waals surface area contributed by atoms with Gasteiger partial charge in [0.15, 0.2) is 10.9 Å². The second kappa shape index (κ2) is 6.50. The summed E-state index contributed by atoms with van der Waals surface area (Å²) in [5.74, 6) is 0.716. The summed E-state index contributed by atoms with van der Waals surface area (Å²) >= 11 is 1.69. The molecule has 1 fully saturated rings. The topological polar surface area (TPSA) is 68.9 Å². The molecule has 0 unspecified atom stereocenters. The fourth-order valence-corrected chi connectivity index (χ4v) is 3.62. The van der Waals surface area contributed by atoms with Crippen molar-refractivity contribution < 1.29 is 0 Å². The van der Waals surface area contributed by atoms with Crippen molar-refractivity contribution >= 4 is 22.3 Å². The Kier molecular flexibility index (Phi) is 4.44. The lowest BCUT2D eigenvalue weighted by molar-refractivity contribution is 0.778. The maximum absolute atomic E-state index is 9.49. The Morgan fingerprint density at radius 1 is 1.09 bits per heavy atom. The van der Waals surface area contributed by atoms with E-state index in [1.165, 1.54) is 0 Å². The molecule has 3 rings (SSSR count). The molecule has 0 spiro atoms. The van der Waals surface area contributed by atoms with E-state index in [1.807, 2.05) is 20.8 Å². The van der Waals surface area contributed by atoms with Gasteiger partial charge in [-0.3, -0.25) is 0 Å². The van der Waals surface area contributed by atoms with E-state index in [-0.39, 0.29) is 0 Å². The van der Waals surface area contributed by atoms with Gasteiger partial charge in [-0.1, -0.05) is 0 Å². The smallest absolute Gasteiger partial charge is 0.185 e. The standard InChI is InChI=1S/C16H20N6S/c1-11-10-23-16(18-11)22-6-4-5-21(7-8-22)15-14(9-17)12(2)13(3)19-20-15/h10H,4-8H2,1-3H3. The normalized spacial score (nSPS) is 15.4. The van der Waals surface area contributed by atoms with Crippen molar-refractivity contribution in [1.82, 2.24) is 15.2 Å². The van der Waals surface area contributed by atoms with Gasteiger partial charge in [0, 0.05) is 31.6 Å². The van der Waals surface area contributed by atoms with Gasteiger partial charge in [0.05, 0.1) is 11.4 Å². The maximum Gasteiger partial charge on any atom is 0.185 e. The van der Waals surface area contributed by atoms with E-state index in [1.54, 1.807) is 11.3 Å². The number of rotatable bonds is 2. The van der Waals surface area contributed by atoms with Crippen LogP contribution >= 0.6 is 11.3 Å². The first-order valence-corrected chi connectivity index (χ1v) is 8.64. The number of hydrogen-bond acceptors (Lipinski definition) is 7. The summed E-state index contributed by atoms with van der Waals surface area (Å²) in [6.45, 7) is 9.41. The molecule has 0 saturated carbocycles. The Hall–Kier alpha value is -2.20. The molecule has 1 aliphatic heterocycles. The number of aryl methyl sites for hydroxylation is 2. The molecule has 0 aromatic carbocycles. The molecule has 0 N–H and O–H groups in total. The fourth-order valence-electron chi connectivity index (χ4n) is 2.76. The molecule has 0 amide bonds. The van der Waals surface area contributed by atoms with Crippen molar-refractivity contribution in [3.05, 3.63) is 27.9 Å². The highest BCUT2D eigenvalue weighted by molar-refractivity contribution is 7.13. The lowest BCUT2D eigenvalue weighted by Gasteiger charge is -2.23. The summed E-state index contributed by atoms with van der Waals surface area (Å²) in [4.78, 5) is 9.08. The van der Waals surface area contributed by atoms with Crippen molar-refractivity contribution in [2.24, 2.45) is 0 Å². The Bertz CT molecular complexity index is 748.